The number of hydrogen-bond acceptors (Lipinski definition) is 8. The van der Waals surface area contributed by atoms with Crippen molar-refractivity contribution in [1.82, 2.24) is 0 Å². The summed E-state index contributed by atoms with van der Waals surface area (Å²) in [6, 6.07) is 22.7. The topological polar surface area (TPSA) is 132 Å². The lowest BCUT2D eigenvalue weighted by molar-refractivity contribution is -0.150. The van der Waals surface area contributed by atoms with Gasteiger partial charge >= 0.3 is 0 Å². The van der Waals surface area contributed by atoms with Gasteiger partial charge in [-0.05, 0) is 81.8 Å². The summed E-state index contributed by atoms with van der Waals surface area (Å²) >= 11 is 6.23. The van der Waals surface area contributed by atoms with Crippen LogP contribution in [0.25, 0.3) is 0 Å². The summed E-state index contributed by atoms with van der Waals surface area (Å²) in [7, 11) is 0. The normalized spacial score (nSPS) is 19.8. The van der Waals surface area contributed by atoms with Crippen LogP contribution >= 0.6 is 11.6 Å². The molecule has 0 radical (unpaired) electrons. The van der Waals surface area contributed by atoms with Gasteiger partial charge in [-0.1, -0.05) is 48.0 Å². The molecule has 5 rings (SSSR count). The Labute approximate surface area is 307 Å². The zero-order valence-electron chi connectivity index (χ0n) is 29.4. The number of carbonyl (C=O) groups is 3. The molecule has 4 unspecified atom stereocenters. The van der Waals surface area contributed by atoms with Crippen molar-refractivity contribution in [3.63, 3.8) is 0 Å². The number of halogens is 2. The van der Waals surface area contributed by atoms with E-state index in [1.807, 2.05) is 13.8 Å². The molecule has 52 heavy (non-hydrogen) atoms. The van der Waals surface area contributed by atoms with Crippen LogP contribution < -0.4 is 29.6 Å². The molecule has 0 aliphatic heterocycles. The van der Waals surface area contributed by atoms with Gasteiger partial charge in [0.05, 0.1) is 47.7 Å². The monoisotopic (exact) mass is 732 g/mol. The summed E-state index contributed by atoms with van der Waals surface area (Å²) in [5, 5.41) is 17.8. The van der Waals surface area contributed by atoms with Crippen molar-refractivity contribution in [2.45, 2.75) is 52.2 Å². The maximum Gasteiger partial charge on any atom is 0.235 e. The fraction of sp³-hybridized carbons (Fsp3) is 0.325. The van der Waals surface area contributed by atoms with E-state index in [1.165, 1.54) is 19.1 Å². The first kappa shape index (κ1) is 38.1. The zero-order valence-corrected chi connectivity index (χ0v) is 30.2. The second kappa shape index (κ2) is 16.9. The Bertz CT molecular complexity index is 1900. The molecule has 4 aromatic carbocycles. The van der Waals surface area contributed by atoms with Crippen molar-refractivity contribution in [2.75, 3.05) is 30.5 Å². The van der Waals surface area contributed by atoms with Gasteiger partial charge in [0.1, 0.15) is 35.6 Å². The molecule has 4 aromatic rings. The highest BCUT2D eigenvalue weighted by Crippen LogP contribution is 2.48. The largest absolute Gasteiger partial charge is 0.492 e. The molecule has 1 saturated carbocycles. The first-order valence-corrected chi connectivity index (χ1v) is 17.5. The molecule has 1 aliphatic carbocycles. The maximum absolute atomic E-state index is 14.6. The van der Waals surface area contributed by atoms with Crippen LogP contribution in [-0.2, 0) is 21.0 Å². The van der Waals surface area contributed by atoms with Gasteiger partial charge in [0.25, 0.3) is 0 Å². The number of ether oxygens (including phenoxy) is 4. The van der Waals surface area contributed by atoms with Crippen molar-refractivity contribution >= 4 is 40.6 Å². The third kappa shape index (κ3) is 8.49. The molecule has 4 atom stereocenters. The molecule has 2 amide bonds. The van der Waals surface area contributed by atoms with Crippen molar-refractivity contribution in [3.05, 3.63) is 107 Å². The molecule has 274 valence electrons. The number of benzene rings is 4. The van der Waals surface area contributed by atoms with Crippen molar-refractivity contribution in [1.29, 1.82) is 0 Å². The Balaban J connectivity index is 1.60. The molecular weight excluding hydrogens is 691 g/mol. The summed E-state index contributed by atoms with van der Waals surface area (Å²) < 4.78 is 37.9. The Morgan fingerprint density at radius 2 is 1.37 bits per heavy atom. The minimum atomic E-state index is -1.88. The zero-order chi connectivity index (χ0) is 37.4. The Kier molecular flexibility index (Phi) is 12.4. The summed E-state index contributed by atoms with van der Waals surface area (Å²) in [5.41, 5.74) is -0.676. The summed E-state index contributed by atoms with van der Waals surface area (Å²) in [6.07, 6.45) is -0.469. The molecule has 0 bridgehead atoms. The summed E-state index contributed by atoms with van der Waals surface area (Å²) in [5.74, 6) is -5.08. The SMILES string of the molecule is CCOc1ccccc1NC(=O)C1C(=O)CC(C)(O)C(C(=O)Nc2ccccc2OCC)C1c1ccc(OCc2c(F)cccc2Cl)c(OCC)c1. The van der Waals surface area contributed by atoms with E-state index in [2.05, 4.69) is 10.6 Å². The van der Waals surface area contributed by atoms with E-state index < -0.39 is 53.2 Å². The first-order valence-electron chi connectivity index (χ1n) is 17.1. The number of para-hydroxylation sites is 4. The van der Waals surface area contributed by atoms with Crippen LogP contribution in [0.15, 0.2) is 84.9 Å². The van der Waals surface area contributed by atoms with Gasteiger partial charge in [-0.15, -0.1) is 0 Å². The fourth-order valence-electron chi connectivity index (χ4n) is 6.56. The lowest BCUT2D eigenvalue weighted by Gasteiger charge is -2.44. The third-order valence-corrected chi connectivity index (χ3v) is 9.16. The second-order valence-corrected chi connectivity index (χ2v) is 12.9. The van der Waals surface area contributed by atoms with Gasteiger partial charge in [0, 0.05) is 17.9 Å². The highest BCUT2D eigenvalue weighted by Gasteiger charge is 2.56. The number of aliphatic hydroxyl groups is 1. The van der Waals surface area contributed by atoms with Crippen LogP contribution in [0.2, 0.25) is 5.02 Å². The number of anilines is 2. The smallest absolute Gasteiger partial charge is 0.235 e. The predicted octanol–water partition coefficient (Wildman–Crippen LogP) is 7.57. The number of carbonyl (C=O) groups excluding carboxylic acids is 3. The van der Waals surface area contributed by atoms with Gasteiger partial charge in [-0.2, -0.15) is 0 Å². The predicted molar refractivity (Wildman–Crippen MR) is 196 cm³/mol. The van der Waals surface area contributed by atoms with Gasteiger partial charge in [-0.25, -0.2) is 4.39 Å². The lowest BCUT2D eigenvalue weighted by Crippen LogP contribution is -2.56. The van der Waals surface area contributed by atoms with Crippen molar-refractivity contribution < 1.29 is 42.8 Å². The van der Waals surface area contributed by atoms with E-state index in [-0.39, 0.29) is 35.3 Å². The number of nitrogens with one attached hydrogen (secondary N) is 2. The number of rotatable bonds is 14. The van der Waals surface area contributed by atoms with Gasteiger partial charge in [0.2, 0.25) is 11.8 Å². The number of ketones is 1. The highest BCUT2D eigenvalue weighted by atomic mass is 35.5. The van der Waals surface area contributed by atoms with Crippen molar-refractivity contribution in [3.8, 4) is 23.0 Å². The molecule has 1 aliphatic rings. The lowest BCUT2D eigenvalue weighted by atomic mass is 9.61. The number of Topliss-reactive ketones (excluding diaryl/α,β-unsaturated/α-hetero) is 1. The molecule has 1 fully saturated rings. The second-order valence-electron chi connectivity index (χ2n) is 12.4. The standard InChI is InChI=1S/C40H42ClFN2O8/c1-5-49-31-17-10-8-15-28(31)43-38(46)36-30(45)22-40(4,48)37(39(47)44-29-16-9-11-18-32(29)50-6-2)35(36)24-19-20-33(34(21-24)51-7-3)52-23-25-26(41)13-12-14-27(25)42/h8-21,35-37,48H,5-7,22-23H2,1-4H3,(H,43,46)(H,44,47). The van der Waals surface area contributed by atoms with Gasteiger partial charge in [0.15, 0.2) is 11.5 Å². The molecule has 0 aromatic heterocycles. The number of amides is 2. The van der Waals surface area contributed by atoms with Crippen LogP contribution in [0, 0.1) is 17.7 Å². The molecule has 0 heterocycles. The quantitative estimate of drug-likeness (QED) is 0.113. The average Bonchev–Trinajstić information content (AvgIpc) is 3.09. The van der Waals surface area contributed by atoms with Crippen LogP contribution in [-0.4, -0.2) is 48.1 Å². The molecule has 10 nitrogen and oxygen atoms in total. The van der Waals surface area contributed by atoms with Crippen LogP contribution in [0.1, 0.15) is 51.2 Å². The highest BCUT2D eigenvalue weighted by molar-refractivity contribution is 6.31. The minimum Gasteiger partial charge on any atom is -0.492 e. The van der Waals surface area contributed by atoms with Crippen LogP contribution in [0.3, 0.4) is 0 Å². The molecule has 12 heteroatoms. The minimum absolute atomic E-state index is 0.151. The summed E-state index contributed by atoms with van der Waals surface area (Å²) in [4.78, 5) is 42.7. The van der Waals surface area contributed by atoms with Crippen molar-refractivity contribution in [2.24, 2.45) is 11.8 Å². The van der Waals surface area contributed by atoms with Crippen LogP contribution in [0.5, 0.6) is 23.0 Å². The fourth-order valence-corrected chi connectivity index (χ4v) is 6.77. The average molecular weight is 733 g/mol. The first-order chi connectivity index (χ1) is 25.0. The van der Waals surface area contributed by atoms with Crippen LogP contribution in [0.4, 0.5) is 15.8 Å². The van der Waals surface area contributed by atoms with E-state index in [4.69, 9.17) is 30.5 Å². The molecule has 0 saturated heterocycles. The van der Waals surface area contributed by atoms with E-state index in [0.29, 0.717) is 41.7 Å². The molecule has 0 spiro atoms. The van der Waals surface area contributed by atoms with E-state index >= 15 is 0 Å². The Hall–Kier alpha value is -5.13. The van der Waals surface area contributed by atoms with Gasteiger partial charge < -0.3 is 34.7 Å². The van der Waals surface area contributed by atoms with E-state index in [0.717, 1.165) is 0 Å². The van der Waals surface area contributed by atoms with E-state index in [9.17, 15) is 23.9 Å². The Morgan fingerprint density at radius 3 is 1.96 bits per heavy atom. The molecule has 3 N–H and O–H groups in total. The third-order valence-electron chi connectivity index (χ3n) is 8.81. The van der Waals surface area contributed by atoms with E-state index in [1.54, 1.807) is 79.7 Å². The summed E-state index contributed by atoms with van der Waals surface area (Å²) in [6.45, 7) is 7.47. The van der Waals surface area contributed by atoms with Gasteiger partial charge in [-0.3, -0.25) is 14.4 Å². The molecular formula is C40H42ClFN2O8. The Morgan fingerprint density at radius 1 is 0.788 bits per heavy atom. The maximum atomic E-state index is 14.6. The number of hydrogen-bond donors (Lipinski definition) is 3.